The minimum Gasteiger partial charge on any atom is -0.484 e. The summed E-state index contributed by atoms with van der Waals surface area (Å²) in [6, 6.07) is 18.8. The first kappa shape index (κ1) is 28.3. The Bertz CT molecular complexity index is 1620. The number of nitrogens with zero attached hydrogens (tertiary/aromatic N) is 2. The summed E-state index contributed by atoms with van der Waals surface area (Å²) >= 11 is 0. The fourth-order valence-electron chi connectivity index (χ4n) is 5.02. The van der Waals surface area contributed by atoms with Crippen molar-refractivity contribution in [2.45, 2.75) is 42.6 Å². The van der Waals surface area contributed by atoms with Crippen LogP contribution in [0.3, 0.4) is 0 Å². The third kappa shape index (κ3) is 6.55. The molecule has 0 saturated carbocycles. The highest BCUT2D eigenvalue weighted by atomic mass is 32.2. The van der Waals surface area contributed by atoms with E-state index in [2.05, 4.69) is 10.3 Å². The van der Waals surface area contributed by atoms with E-state index in [1.807, 2.05) is 41.1 Å². The molecule has 0 radical (unpaired) electrons. The third-order valence-electron chi connectivity index (χ3n) is 7.10. The molecule has 0 fully saturated rings. The second-order valence-electron chi connectivity index (χ2n) is 9.88. The van der Waals surface area contributed by atoms with Crippen LogP contribution in [0.1, 0.15) is 56.4 Å². The number of sulfone groups is 1. The number of carbonyl (C=O) groups excluding carboxylic acids is 2. The van der Waals surface area contributed by atoms with Gasteiger partial charge in [0.25, 0.3) is 5.91 Å². The van der Waals surface area contributed by atoms with Gasteiger partial charge in [-0.05, 0) is 60.4 Å². The Kier molecular flexibility index (Phi) is 8.61. The van der Waals surface area contributed by atoms with Crippen LogP contribution in [-0.2, 0) is 28.6 Å². The lowest BCUT2D eigenvalue weighted by atomic mass is 9.87. The van der Waals surface area contributed by atoms with E-state index < -0.39 is 21.8 Å². The van der Waals surface area contributed by atoms with E-state index in [1.54, 1.807) is 24.7 Å². The Labute approximate surface area is 238 Å². The molecule has 1 aliphatic rings. The van der Waals surface area contributed by atoms with Crippen molar-refractivity contribution in [3.63, 3.8) is 0 Å². The van der Waals surface area contributed by atoms with Gasteiger partial charge < -0.3 is 19.7 Å². The zero-order valence-corrected chi connectivity index (χ0v) is 23.2. The van der Waals surface area contributed by atoms with Crippen LogP contribution in [0.5, 0.6) is 5.75 Å². The molecule has 41 heavy (non-hydrogen) atoms. The van der Waals surface area contributed by atoms with Crippen molar-refractivity contribution < 1.29 is 27.9 Å². The van der Waals surface area contributed by atoms with E-state index in [-0.39, 0.29) is 35.1 Å². The number of nitrogens with one attached hydrogen (secondary N) is 1. The lowest BCUT2D eigenvalue weighted by molar-refractivity contribution is 0.0942. The van der Waals surface area contributed by atoms with E-state index in [4.69, 9.17) is 9.84 Å². The summed E-state index contributed by atoms with van der Waals surface area (Å²) in [6.07, 6.45) is 6.41. The van der Waals surface area contributed by atoms with Crippen molar-refractivity contribution in [1.29, 1.82) is 0 Å². The standard InChI is InChI=1S/C31H31N3O6S/c35-18-16-33-31(37)23-9-11-24(12-10-23)41(38,39)20-27-25-7-4-8-28(36)26(25)13-14-29(27)40-30(19-34-17-15-32-21-34)22-5-2-1-3-6-22/h1-3,5-6,9-15,17,21,30,35H,4,7-8,16,18-20H2,(H,33,37)/t30-/m1/s1. The van der Waals surface area contributed by atoms with Gasteiger partial charge in [0.05, 0.1) is 30.1 Å². The highest BCUT2D eigenvalue weighted by molar-refractivity contribution is 7.90. The third-order valence-corrected chi connectivity index (χ3v) is 8.76. The number of benzene rings is 3. The minimum absolute atomic E-state index is 0.00674. The van der Waals surface area contributed by atoms with Gasteiger partial charge in [-0.15, -0.1) is 0 Å². The van der Waals surface area contributed by atoms with Gasteiger partial charge in [-0.3, -0.25) is 9.59 Å². The molecule has 0 bridgehead atoms. The largest absolute Gasteiger partial charge is 0.484 e. The van der Waals surface area contributed by atoms with Crippen LogP contribution in [0.25, 0.3) is 0 Å². The normalized spacial score (nSPS) is 13.8. The lowest BCUT2D eigenvalue weighted by Gasteiger charge is -2.25. The fourth-order valence-corrected chi connectivity index (χ4v) is 6.44. The molecule has 1 heterocycles. The van der Waals surface area contributed by atoms with Gasteiger partial charge in [-0.1, -0.05) is 30.3 Å². The van der Waals surface area contributed by atoms with Gasteiger partial charge in [0.1, 0.15) is 11.9 Å². The van der Waals surface area contributed by atoms with E-state index in [0.29, 0.717) is 48.2 Å². The van der Waals surface area contributed by atoms with Crippen LogP contribution < -0.4 is 10.1 Å². The van der Waals surface area contributed by atoms with Crippen LogP contribution in [0.2, 0.25) is 0 Å². The summed E-state index contributed by atoms with van der Waals surface area (Å²) < 4.78 is 35.9. The predicted molar refractivity (Wildman–Crippen MR) is 152 cm³/mol. The summed E-state index contributed by atoms with van der Waals surface area (Å²) in [4.78, 5) is 29.1. The topological polar surface area (TPSA) is 128 Å². The molecular formula is C31H31N3O6S. The zero-order valence-electron chi connectivity index (χ0n) is 22.4. The molecule has 0 unspecified atom stereocenters. The molecule has 0 spiro atoms. The molecule has 212 valence electrons. The van der Waals surface area contributed by atoms with E-state index in [1.165, 1.54) is 24.3 Å². The molecule has 2 N–H and O–H groups in total. The van der Waals surface area contributed by atoms with Crippen LogP contribution in [0.15, 0.2) is 90.3 Å². The summed E-state index contributed by atoms with van der Waals surface area (Å²) in [6.45, 7) is 0.357. The molecule has 1 aromatic heterocycles. The number of aromatic nitrogens is 2. The van der Waals surface area contributed by atoms with Gasteiger partial charge in [0.2, 0.25) is 0 Å². The highest BCUT2D eigenvalue weighted by Gasteiger charge is 2.28. The van der Waals surface area contributed by atoms with Crippen molar-refractivity contribution in [3.05, 3.63) is 113 Å². The molecule has 0 aliphatic heterocycles. The maximum atomic E-state index is 13.7. The van der Waals surface area contributed by atoms with Crippen LogP contribution in [0.4, 0.5) is 0 Å². The number of aliphatic hydroxyl groups is 1. The lowest BCUT2D eigenvalue weighted by Crippen LogP contribution is -2.26. The molecule has 3 aromatic carbocycles. The Balaban J connectivity index is 1.50. The number of fused-ring (bicyclic) bond motifs is 1. The molecule has 10 heteroatoms. The first-order valence-electron chi connectivity index (χ1n) is 13.4. The quantitative estimate of drug-likeness (QED) is 0.278. The monoisotopic (exact) mass is 573 g/mol. The molecule has 9 nitrogen and oxygen atoms in total. The number of hydrogen-bond acceptors (Lipinski definition) is 7. The van der Waals surface area contributed by atoms with Crippen molar-refractivity contribution in [3.8, 4) is 5.75 Å². The summed E-state index contributed by atoms with van der Waals surface area (Å²) in [7, 11) is -3.87. The number of rotatable bonds is 11. The molecule has 5 rings (SSSR count). The molecule has 1 atom stereocenters. The number of Topliss-reactive ketones (excluding diaryl/α,β-unsaturated/α-hetero) is 1. The van der Waals surface area contributed by atoms with Crippen LogP contribution >= 0.6 is 0 Å². The van der Waals surface area contributed by atoms with E-state index in [9.17, 15) is 18.0 Å². The minimum atomic E-state index is -3.87. The first-order valence-corrected chi connectivity index (χ1v) is 15.1. The number of imidazole rings is 1. The zero-order chi connectivity index (χ0) is 28.8. The number of ketones is 1. The van der Waals surface area contributed by atoms with E-state index in [0.717, 1.165) is 5.56 Å². The smallest absolute Gasteiger partial charge is 0.251 e. The van der Waals surface area contributed by atoms with Crippen molar-refractivity contribution >= 4 is 21.5 Å². The predicted octanol–water partition coefficient (Wildman–Crippen LogP) is 3.92. The average Bonchev–Trinajstić information content (AvgIpc) is 3.50. The fraction of sp³-hybridized carbons (Fsp3) is 0.258. The maximum absolute atomic E-state index is 13.7. The number of hydrogen-bond donors (Lipinski definition) is 2. The molecule has 0 saturated heterocycles. The Morgan fingerprint density at radius 3 is 2.54 bits per heavy atom. The highest BCUT2D eigenvalue weighted by Crippen LogP contribution is 2.36. The number of aliphatic hydroxyl groups excluding tert-OH is 1. The van der Waals surface area contributed by atoms with Crippen LogP contribution in [0, 0.1) is 0 Å². The second kappa shape index (κ2) is 12.5. The van der Waals surface area contributed by atoms with E-state index >= 15 is 0 Å². The van der Waals surface area contributed by atoms with Crippen molar-refractivity contribution in [2.75, 3.05) is 13.2 Å². The Hall–Kier alpha value is -4.28. The summed E-state index contributed by atoms with van der Waals surface area (Å²) in [5.41, 5.74) is 2.92. The summed E-state index contributed by atoms with van der Waals surface area (Å²) in [5, 5.41) is 11.5. The van der Waals surface area contributed by atoms with Gasteiger partial charge in [0.15, 0.2) is 15.6 Å². The van der Waals surface area contributed by atoms with Gasteiger partial charge in [-0.25, -0.2) is 13.4 Å². The Morgan fingerprint density at radius 1 is 1.05 bits per heavy atom. The summed E-state index contributed by atoms with van der Waals surface area (Å²) in [5.74, 6) is -0.357. The van der Waals surface area contributed by atoms with Gasteiger partial charge in [-0.2, -0.15) is 0 Å². The van der Waals surface area contributed by atoms with Gasteiger partial charge >= 0.3 is 0 Å². The SMILES string of the molecule is O=C(NCCO)c1ccc(S(=O)(=O)Cc2c(O[C@H](Cn3ccnc3)c3ccccc3)ccc3c2CCCC3=O)cc1. The van der Waals surface area contributed by atoms with Crippen molar-refractivity contribution in [2.24, 2.45) is 0 Å². The average molecular weight is 574 g/mol. The van der Waals surface area contributed by atoms with Gasteiger partial charge in [0, 0.05) is 42.0 Å². The van der Waals surface area contributed by atoms with Crippen LogP contribution in [-0.4, -0.2) is 47.9 Å². The van der Waals surface area contributed by atoms with Crippen molar-refractivity contribution in [1.82, 2.24) is 14.9 Å². The molecular weight excluding hydrogens is 542 g/mol. The number of ether oxygens (including phenoxy) is 1. The number of amides is 1. The Morgan fingerprint density at radius 2 is 1.83 bits per heavy atom. The molecule has 4 aromatic rings. The molecule has 1 aliphatic carbocycles. The first-order chi connectivity index (χ1) is 19.9. The number of carbonyl (C=O) groups is 2. The molecule has 1 amide bonds. The second-order valence-corrected chi connectivity index (χ2v) is 11.9. The maximum Gasteiger partial charge on any atom is 0.251 e.